The van der Waals surface area contributed by atoms with Crippen LogP contribution in [0.25, 0.3) is 10.2 Å². The number of carbonyl (C=O) groups is 1. The van der Waals surface area contributed by atoms with Crippen LogP contribution in [-0.2, 0) is 11.8 Å². The molecule has 2 heterocycles. The topological polar surface area (TPSA) is 90.6 Å². The molecule has 0 atom stereocenters. The molecule has 0 N–H and O–H groups in total. The van der Waals surface area contributed by atoms with Gasteiger partial charge >= 0.3 is 5.97 Å². The Balaban J connectivity index is 2.79. The molecule has 7 nitrogen and oxygen atoms in total. The van der Waals surface area contributed by atoms with Crippen molar-refractivity contribution in [2.45, 2.75) is 6.92 Å². The van der Waals surface area contributed by atoms with Gasteiger partial charge < -0.3 is 4.74 Å². The molecule has 0 aliphatic rings. The summed E-state index contributed by atoms with van der Waals surface area (Å²) in [5.41, 5.74) is -0.695. The highest BCUT2D eigenvalue weighted by Gasteiger charge is 2.21. The van der Waals surface area contributed by atoms with E-state index in [1.165, 1.54) is 7.05 Å². The van der Waals surface area contributed by atoms with Crippen molar-refractivity contribution in [1.82, 2.24) is 9.55 Å². The predicted molar refractivity (Wildman–Crippen MR) is 71.7 cm³/mol. The molecular formula is C10H8BN3O4S. The quantitative estimate of drug-likeness (QED) is 0.459. The third kappa shape index (κ3) is 2.05. The van der Waals surface area contributed by atoms with Crippen LogP contribution in [0.4, 0.5) is 5.69 Å². The summed E-state index contributed by atoms with van der Waals surface area (Å²) in [7, 11) is 6.95. The maximum absolute atomic E-state index is 12.1. The number of esters is 1. The largest absolute Gasteiger partial charge is 0.460 e. The molecule has 0 aromatic carbocycles. The van der Waals surface area contributed by atoms with E-state index in [1.807, 2.05) is 0 Å². The highest BCUT2D eigenvalue weighted by atomic mass is 32.1. The predicted octanol–water partition coefficient (Wildman–Crippen LogP) is 0.363. The van der Waals surface area contributed by atoms with Gasteiger partial charge in [0.05, 0.1) is 6.61 Å². The second-order valence-corrected chi connectivity index (χ2v) is 4.64. The average Bonchev–Trinajstić information content (AvgIpc) is 2.69. The molecule has 9 heteroatoms. The van der Waals surface area contributed by atoms with E-state index in [2.05, 4.69) is 10.2 Å². The molecule has 0 spiro atoms. The molecule has 2 rings (SSSR count). The lowest BCUT2D eigenvalue weighted by Gasteiger charge is -2.06. The lowest BCUT2D eigenvalue weighted by Crippen LogP contribution is -2.25. The molecule has 0 fully saturated rings. The third-order valence-electron chi connectivity index (χ3n) is 2.48. The maximum Gasteiger partial charge on any atom is 0.374 e. The molecule has 0 aliphatic heterocycles. The van der Waals surface area contributed by atoms with Crippen molar-refractivity contribution < 1.29 is 9.53 Å². The smallest absolute Gasteiger partial charge is 0.374 e. The molecule has 2 radical (unpaired) electrons. The number of ether oxygens (including phenoxy) is 1. The van der Waals surface area contributed by atoms with E-state index in [0.29, 0.717) is 0 Å². The van der Waals surface area contributed by atoms with Gasteiger partial charge in [0.25, 0.3) is 5.56 Å². The van der Waals surface area contributed by atoms with Crippen molar-refractivity contribution >= 4 is 45.8 Å². The minimum absolute atomic E-state index is 0.0213. The first-order valence-electron chi connectivity index (χ1n) is 5.30. The number of hydrogen-bond donors (Lipinski definition) is 0. The molecule has 2 aromatic rings. The van der Waals surface area contributed by atoms with Crippen LogP contribution in [-0.4, -0.2) is 30.0 Å². The fourth-order valence-electron chi connectivity index (χ4n) is 1.60. The Labute approximate surface area is 112 Å². The Kier molecular flexibility index (Phi) is 3.47. The van der Waals surface area contributed by atoms with Crippen molar-refractivity contribution in [3.8, 4) is 0 Å². The number of thiophene rings is 1. The van der Waals surface area contributed by atoms with E-state index in [4.69, 9.17) is 12.6 Å². The average molecular weight is 277 g/mol. The van der Waals surface area contributed by atoms with Gasteiger partial charge in [-0.1, -0.05) is 0 Å². The van der Waals surface area contributed by atoms with Gasteiger partial charge in [-0.05, 0) is 16.9 Å². The van der Waals surface area contributed by atoms with Gasteiger partial charge in [0.15, 0.2) is 0 Å². The van der Waals surface area contributed by atoms with E-state index < -0.39 is 11.5 Å². The maximum atomic E-state index is 12.1. The summed E-state index contributed by atoms with van der Waals surface area (Å²) in [6.45, 7) is 1.81. The van der Waals surface area contributed by atoms with Gasteiger partial charge in [-0.25, -0.2) is 9.78 Å². The normalized spacial score (nSPS) is 10.6. The minimum atomic E-state index is -0.711. The zero-order chi connectivity index (χ0) is 14.2. The van der Waals surface area contributed by atoms with Crippen LogP contribution in [0.1, 0.15) is 17.5 Å². The first kappa shape index (κ1) is 13.4. The van der Waals surface area contributed by atoms with Crippen LogP contribution < -0.4 is 10.3 Å². The molecule has 96 valence electrons. The van der Waals surface area contributed by atoms with Crippen LogP contribution in [0, 0.1) is 4.91 Å². The summed E-state index contributed by atoms with van der Waals surface area (Å²) in [6, 6.07) is 0. The van der Waals surface area contributed by atoms with Crippen molar-refractivity contribution in [2.24, 2.45) is 12.2 Å². The molecule has 0 bridgehead atoms. The van der Waals surface area contributed by atoms with Crippen LogP contribution in [0.3, 0.4) is 0 Å². The van der Waals surface area contributed by atoms with E-state index in [1.54, 1.807) is 6.92 Å². The summed E-state index contributed by atoms with van der Waals surface area (Å²) in [5, 5.41) is 2.76. The van der Waals surface area contributed by atoms with Gasteiger partial charge in [0, 0.05) is 7.05 Å². The summed E-state index contributed by atoms with van der Waals surface area (Å²) >= 11 is 0.928. The number of nitroso groups, excluding NO2 is 1. The van der Waals surface area contributed by atoms with Crippen LogP contribution in [0.15, 0.2) is 9.97 Å². The number of fused-ring (bicyclic) bond motifs is 1. The first-order chi connectivity index (χ1) is 9.01. The second kappa shape index (κ2) is 4.92. The Morgan fingerprint density at radius 3 is 2.84 bits per heavy atom. The van der Waals surface area contributed by atoms with Crippen molar-refractivity contribution in [3.63, 3.8) is 0 Å². The third-order valence-corrected chi connectivity index (χ3v) is 3.39. The number of carbonyl (C=O) groups excluding carboxylic acids is 1. The Morgan fingerprint density at radius 2 is 2.26 bits per heavy atom. The Hall–Kier alpha value is -2.03. The van der Waals surface area contributed by atoms with Gasteiger partial charge in [-0.2, -0.15) is 0 Å². The van der Waals surface area contributed by atoms with E-state index >= 15 is 0 Å². The molecule has 19 heavy (non-hydrogen) atoms. The van der Waals surface area contributed by atoms with Gasteiger partial charge in [-0.15, -0.1) is 16.2 Å². The summed E-state index contributed by atoms with van der Waals surface area (Å²) < 4.78 is 5.91. The molecule has 2 aromatic heterocycles. The number of hydrogen-bond acceptors (Lipinski definition) is 7. The number of nitrogens with zero attached hydrogens (tertiary/aromatic N) is 3. The molecule has 0 aliphatic carbocycles. The molecule has 0 saturated heterocycles. The molecule has 0 unspecified atom stereocenters. The number of rotatable bonds is 3. The van der Waals surface area contributed by atoms with Crippen LogP contribution in [0.2, 0.25) is 0 Å². The van der Waals surface area contributed by atoms with Crippen LogP contribution >= 0.6 is 11.3 Å². The molecule has 0 saturated carbocycles. The monoisotopic (exact) mass is 277 g/mol. The van der Waals surface area contributed by atoms with Crippen molar-refractivity contribution in [3.05, 3.63) is 21.1 Å². The Morgan fingerprint density at radius 1 is 1.58 bits per heavy atom. The minimum Gasteiger partial charge on any atom is -0.460 e. The fraction of sp³-hybridized carbons (Fsp3) is 0.300. The van der Waals surface area contributed by atoms with Crippen molar-refractivity contribution in [2.75, 3.05) is 6.61 Å². The van der Waals surface area contributed by atoms with E-state index in [9.17, 15) is 14.5 Å². The van der Waals surface area contributed by atoms with E-state index in [0.717, 1.165) is 15.9 Å². The SMILES string of the molecule is [B]c1sc2nc(C(=O)OCC)n(C)c(=O)c2c1N=O. The van der Waals surface area contributed by atoms with Gasteiger partial charge in [-0.3, -0.25) is 9.36 Å². The van der Waals surface area contributed by atoms with E-state index in [-0.39, 0.29) is 33.1 Å². The summed E-state index contributed by atoms with van der Waals surface area (Å²) in [6.07, 6.45) is 0. The molecule has 0 amide bonds. The second-order valence-electron chi connectivity index (χ2n) is 3.61. The first-order valence-corrected chi connectivity index (χ1v) is 6.12. The lowest BCUT2D eigenvalue weighted by atomic mass is 10.1. The highest BCUT2D eigenvalue weighted by molar-refractivity contribution is 7.26. The standard InChI is InChI=1S/C10H8BN3O4S/c1-3-18-10(16)7-12-8-4(9(15)14(7)2)5(13-17)6(11)19-8/h3H2,1-2H3. The van der Waals surface area contributed by atoms with Crippen molar-refractivity contribution in [1.29, 1.82) is 0 Å². The number of aromatic nitrogens is 2. The zero-order valence-electron chi connectivity index (χ0n) is 10.2. The Bertz CT molecular complexity index is 736. The van der Waals surface area contributed by atoms with Gasteiger partial charge in [0.1, 0.15) is 23.8 Å². The summed E-state index contributed by atoms with van der Waals surface area (Å²) in [5.74, 6) is -0.852. The summed E-state index contributed by atoms with van der Waals surface area (Å²) in [4.78, 5) is 38.7. The van der Waals surface area contributed by atoms with Crippen LogP contribution in [0.5, 0.6) is 0 Å². The zero-order valence-corrected chi connectivity index (χ0v) is 11.0. The van der Waals surface area contributed by atoms with Gasteiger partial charge in [0.2, 0.25) is 5.82 Å². The fourth-order valence-corrected chi connectivity index (χ4v) is 2.47. The highest BCUT2D eigenvalue weighted by Crippen LogP contribution is 2.25. The molecular weight excluding hydrogens is 269 g/mol. The lowest BCUT2D eigenvalue weighted by molar-refractivity contribution is 0.0506.